The van der Waals surface area contributed by atoms with Crippen LogP contribution in [0.1, 0.15) is 34.5 Å². The van der Waals surface area contributed by atoms with Gasteiger partial charge in [-0.25, -0.2) is 4.39 Å². The number of benzene rings is 2. The van der Waals surface area contributed by atoms with Gasteiger partial charge in [0.15, 0.2) is 0 Å². The molecular weight excluding hydrogens is 355 g/mol. The fraction of sp³-hybridized carbons (Fsp3) is 0.304. The minimum absolute atomic E-state index is 0.0590. The molecular formula is C23H23FN2O2. The first-order valence-corrected chi connectivity index (χ1v) is 9.67. The van der Waals surface area contributed by atoms with Gasteiger partial charge in [0.05, 0.1) is 0 Å². The minimum atomic E-state index is -0.322. The molecule has 0 unspecified atom stereocenters. The Kier molecular flexibility index (Phi) is 5.24. The van der Waals surface area contributed by atoms with Crippen LogP contribution in [0.5, 0.6) is 0 Å². The number of nitrogens with zero attached hydrogens (tertiary/aromatic N) is 2. The second-order valence-corrected chi connectivity index (χ2v) is 7.39. The van der Waals surface area contributed by atoms with E-state index in [9.17, 15) is 9.18 Å². The van der Waals surface area contributed by atoms with Crippen LogP contribution in [-0.2, 0) is 6.42 Å². The van der Waals surface area contributed by atoms with Crippen molar-refractivity contribution in [2.75, 3.05) is 13.1 Å². The first kappa shape index (κ1) is 18.4. The Morgan fingerprint density at radius 1 is 1.11 bits per heavy atom. The van der Waals surface area contributed by atoms with E-state index in [1.165, 1.54) is 17.7 Å². The van der Waals surface area contributed by atoms with E-state index in [-0.39, 0.29) is 11.7 Å². The third-order valence-electron chi connectivity index (χ3n) is 5.46. The molecule has 0 N–H and O–H groups in total. The Morgan fingerprint density at radius 2 is 1.79 bits per heavy atom. The number of aromatic nitrogens is 1. The summed E-state index contributed by atoms with van der Waals surface area (Å²) in [5, 5.41) is 4.06. The first-order valence-electron chi connectivity index (χ1n) is 9.67. The number of carbonyl (C=O) groups is 1. The lowest BCUT2D eigenvalue weighted by Gasteiger charge is -2.32. The van der Waals surface area contributed by atoms with Crippen LogP contribution in [-0.4, -0.2) is 29.1 Å². The Hall–Kier alpha value is -2.95. The minimum Gasteiger partial charge on any atom is -0.360 e. The van der Waals surface area contributed by atoms with Crippen molar-refractivity contribution in [1.82, 2.24) is 10.1 Å². The van der Waals surface area contributed by atoms with Gasteiger partial charge in [-0.15, -0.1) is 0 Å². The summed E-state index contributed by atoms with van der Waals surface area (Å²) in [7, 11) is 0. The number of halogens is 1. The van der Waals surface area contributed by atoms with Crippen LogP contribution in [0.3, 0.4) is 0 Å². The van der Waals surface area contributed by atoms with E-state index in [4.69, 9.17) is 4.52 Å². The molecule has 28 heavy (non-hydrogen) atoms. The molecule has 2 heterocycles. The average Bonchev–Trinajstić information content (AvgIpc) is 3.11. The fourth-order valence-electron chi connectivity index (χ4n) is 3.87. The van der Waals surface area contributed by atoms with Crippen LogP contribution in [0.25, 0.3) is 11.3 Å². The van der Waals surface area contributed by atoms with E-state index in [1.807, 2.05) is 11.0 Å². The highest BCUT2D eigenvalue weighted by Gasteiger charge is 2.29. The van der Waals surface area contributed by atoms with Gasteiger partial charge in [-0.3, -0.25) is 4.79 Å². The Labute approximate surface area is 164 Å². The van der Waals surface area contributed by atoms with Crippen LogP contribution in [0.15, 0.2) is 59.1 Å². The highest BCUT2D eigenvalue weighted by atomic mass is 19.1. The zero-order valence-corrected chi connectivity index (χ0v) is 15.9. The van der Waals surface area contributed by atoms with Crippen molar-refractivity contribution in [3.05, 3.63) is 77.3 Å². The molecule has 0 radical (unpaired) electrons. The normalized spacial score (nSPS) is 15.0. The van der Waals surface area contributed by atoms with Crippen molar-refractivity contribution in [2.45, 2.75) is 26.2 Å². The molecule has 1 amide bonds. The lowest BCUT2D eigenvalue weighted by molar-refractivity contribution is 0.0689. The largest absolute Gasteiger partial charge is 0.360 e. The molecule has 0 aliphatic carbocycles. The fourth-order valence-corrected chi connectivity index (χ4v) is 3.87. The molecule has 0 bridgehead atoms. The number of likely N-dealkylation sites (tertiary alicyclic amines) is 1. The van der Waals surface area contributed by atoms with Crippen LogP contribution in [0.2, 0.25) is 0 Å². The van der Waals surface area contributed by atoms with E-state index >= 15 is 0 Å². The maximum Gasteiger partial charge on any atom is 0.259 e. The maximum atomic E-state index is 13.2. The van der Waals surface area contributed by atoms with Crippen molar-refractivity contribution in [1.29, 1.82) is 0 Å². The molecule has 4 rings (SSSR count). The van der Waals surface area contributed by atoms with Crippen molar-refractivity contribution in [2.24, 2.45) is 5.92 Å². The monoisotopic (exact) mass is 378 g/mol. The van der Waals surface area contributed by atoms with Gasteiger partial charge < -0.3 is 9.42 Å². The molecule has 4 nitrogen and oxygen atoms in total. The van der Waals surface area contributed by atoms with Gasteiger partial charge in [0.1, 0.15) is 22.8 Å². The van der Waals surface area contributed by atoms with Crippen LogP contribution in [0.4, 0.5) is 4.39 Å². The molecule has 1 saturated heterocycles. The lowest BCUT2D eigenvalue weighted by Crippen LogP contribution is -2.39. The summed E-state index contributed by atoms with van der Waals surface area (Å²) >= 11 is 0. The van der Waals surface area contributed by atoms with E-state index in [1.54, 1.807) is 19.1 Å². The maximum absolute atomic E-state index is 13.2. The number of aryl methyl sites for hydroxylation is 1. The zero-order valence-electron chi connectivity index (χ0n) is 15.9. The van der Waals surface area contributed by atoms with Gasteiger partial charge in [-0.2, -0.15) is 0 Å². The first-order chi connectivity index (χ1) is 13.6. The zero-order chi connectivity index (χ0) is 19.5. The molecule has 1 aromatic heterocycles. The molecule has 1 aliphatic rings. The summed E-state index contributed by atoms with van der Waals surface area (Å²) < 4.78 is 18.5. The van der Waals surface area contributed by atoms with E-state index in [0.29, 0.717) is 28.5 Å². The number of piperidine rings is 1. The van der Waals surface area contributed by atoms with Crippen molar-refractivity contribution in [3.63, 3.8) is 0 Å². The van der Waals surface area contributed by atoms with E-state index in [0.717, 1.165) is 32.4 Å². The van der Waals surface area contributed by atoms with Crippen LogP contribution in [0, 0.1) is 18.7 Å². The van der Waals surface area contributed by atoms with Gasteiger partial charge in [-0.1, -0.05) is 35.5 Å². The molecule has 3 aromatic rings. The molecule has 1 aliphatic heterocycles. The van der Waals surface area contributed by atoms with Gasteiger partial charge in [0, 0.05) is 18.7 Å². The number of carbonyl (C=O) groups excluding carboxylic acids is 1. The summed E-state index contributed by atoms with van der Waals surface area (Å²) in [4.78, 5) is 15.0. The third-order valence-corrected chi connectivity index (χ3v) is 5.46. The summed E-state index contributed by atoms with van der Waals surface area (Å²) in [6, 6.07) is 16.5. The summed E-state index contributed by atoms with van der Waals surface area (Å²) in [5.74, 6) is 0.705. The van der Waals surface area contributed by atoms with Gasteiger partial charge in [0.2, 0.25) is 0 Å². The molecule has 144 valence electrons. The highest BCUT2D eigenvalue weighted by Crippen LogP contribution is 2.29. The Balaban J connectivity index is 1.46. The molecule has 0 atom stereocenters. The van der Waals surface area contributed by atoms with Crippen LogP contribution < -0.4 is 0 Å². The predicted molar refractivity (Wildman–Crippen MR) is 105 cm³/mol. The second-order valence-electron chi connectivity index (χ2n) is 7.39. The summed E-state index contributed by atoms with van der Waals surface area (Å²) in [6.45, 7) is 3.20. The summed E-state index contributed by atoms with van der Waals surface area (Å²) in [6.07, 6.45) is 3.02. The highest BCUT2D eigenvalue weighted by molar-refractivity contribution is 6.00. The van der Waals surface area contributed by atoms with Gasteiger partial charge in [0.25, 0.3) is 5.91 Å². The van der Waals surface area contributed by atoms with Crippen LogP contribution >= 0.6 is 0 Å². The third kappa shape index (κ3) is 3.84. The number of hydrogen-bond acceptors (Lipinski definition) is 3. The molecule has 0 saturated carbocycles. The van der Waals surface area contributed by atoms with Gasteiger partial charge in [-0.05, 0) is 61.9 Å². The number of amides is 1. The van der Waals surface area contributed by atoms with Gasteiger partial charge >= 0.3 is 0 Å². The van der Waals surface area contributed by atoms with E-state index in [2.05, 4.69) is 29.4 Å². The molecule has 2 aromatic carbocycles. The molecule has 5 heteroatoms. The van der Waals surface area contributed by atoms with E-state index < -0.39 is 0 Å². The predicted octanol–water partition coefficient (Wildman–Crippen LogP) is 4.88. The number of hydrogen-bond donors (Lipinski definition) is 0. The van der Waals surface area contributed by atoms with Crippen molar-refractivity contribution in [3.8, 4) is 11.3 Å². The SMILES string of the molecule is Cc1onc(-c2ccc(F)cc2)c1C(=O)N1CCC(Cc2ccccc2)CC1. The number of rotatable bonds is 4. The lowest BCUT2D eigenvalue weighted by atomic mass is 9.90. The second kappa shape index (κ2) is 7.97. The topological polar surface area (TPSA) is 46.3 Å². The smallest absolute Gasteiger partial charge is 0.259 e. The van der Waals surface area contributed by atoms with Crippen molar-refractivity contribution < 1.29 is 13.7 Å². The summed E-state index contributed by atoms with van der Waals surface area (Å²) in [5.41, 5.74) is 2.99. The Bertz CT molecular complexity index is 942. The quantitative estimate of drug-likeness (QED) is 0.650. The molecule has 0 spiro atoms. The average molecular weight is 378 g/mol. The Morgan fingerprint density at radius 3 is 2.46 bits per heavy atom. The molecule has 1 fully saturated rings. The van der Waals surface area contributed by atoms with Crippen molar-refractivity contribution >= 4 is 5.91 Å². The standard InChI is InChI=1S/C23H23FN2O2/c1-16-21(22(25-28-16)19-7-9-20(24)10-8-19)23(27)26-13-11-18(12-14-26)15-17-5-3-2-4-6-17/h2-10,18H,11-15H2,1H3.